The smallest absolute Gasteiger partial charge is 0.0702 e. The fourth-order valence-corrected chi connectivity index (χ4v) is 5.68. The van der Waals surface area contributed by atoms with Gasteiger partial charge in [-0.05, 0) is 62.7 Å². The minimum absolute atomic E-state index is 0.936. The molecule has 7 rings (SSSR count). The summed E-state index contributed by atoms with van der Waals surface area (Å²) in [5.74, 6) is 0. The molecule has 1 aromatic heterocycles. The molecule has 6 aromatic rings. The number of benzene rings is 5. The summed E-state index contributed by atoms with van der Waals surface area (Å²) >= 11 is 0. The van der Waals surface area contributed by atoms with Crippen LogP contribution in [-0.4, -0.2) is 10.7 Å². The monoisotopic (exact) mass is 486 g/mol. The molecule has 0 radical (unpaired) electrons. The van der Waals surface area contributed by atoms with Crippen molar-refractivity contribution in [3.8, 4) is 22.4 Å². The Kier molecular flexibility index (Phi) is 5.64. The van der Waals surface area contributed by atoms with Crippen molar-refractivity contribution < 1.29 is 0 Å². The van der Waals surface area contributed by atoms with Gasteiger partial charge in [0, 0.05) is 29.2 Å². The SMILES string of the molecule is C1=C(c2c3ccccc3c(-c3ccc(-c4ccccc4)nc3)c3ccccc23)CCC(c2ccccc2)=N1. The molecule has 0 amide bonds. The molecular weight excluding hydrogens is 460 g/mol. The van der Waals surface area contributed by atoms with Gasteiger partial charge < -0.3 is 0 Å². The first kappa shape index (κ1) is 22.4. The highest BCUT2D eigenvalue weighted by Crippen LogP contribution is 2.43. The maximum absolute atomic E-state index is 4.93. The molecule has 0 N–H and O–H groups in total. The molecule has 5 aromatic carbocycles. The summed E-state index contributed by atoms with van der Waals surface area (Å²) in [6.45, 7) is 0. The first-order valence-electron chi connectivity index (χ1n) is 13.1. The van der Waals surface area contributed by atoms with Crippen LogP contribution >= 0.6 is 0 Å². The van der Waals surface area contributed by atoms with E-state index in [-0.39, 0.29) is 0 Å². The lowest BCUT2D eigenvalue weighted by Crippen LogP contribution is -2.05. The summed E-state index contributed by atoms with van der Waals surface area (Å²) < 4.78 is 0. The Morgan fingerprint density at radius 1 is 0.447 bits per heavy atom. The second kappa shape index (κ2) is 9.57. The van der Waals surface area contributed by atoms with Crippen LogP contribution in [0.1, 0.15) is 24.0 Å². The maximum atomic E-state index is 4.93. The predicted molar refractivity (Wildman–Crippen MR) is 160 cm³/mol. The molecule has 0 atom stereocenters. The Bertz CT molecular complexity index is 1770. The summed E-state index contributed by atoms with van der Waals surface area (Å²) in [7, 11) is 0. The van der Waals surface area contributed by atoms with Crippen LogP contribution in [0.15, 0.2) is 139 Å². The molecule has 2 nitrogen and oxygen atoms in total. The molecule has 0 saturated carbocycles. The second-order valence-electron chi connectivity index (χ2n) is 9.74. The number of aromatic nitrogens is 1. The van der Waals surface area contributed by atoms with E-state index in [0.717, 1.165) is 35.4 Å². The zero-order chi connectivity index (χ0) is 25.3. The van der Waals surface area contributed by atoms with E-state index in [1.807, 2.05) is 12.3 Å². The van der Waals surface area contributed by atoms with Gasteiger partial charge in [0.1, 0.15) is 0 Å². The lowest BCUT2D eigenvalue weighted by Gasteiger charge is -2.21. The zero-order valence-electron chi connectivity index (χ0n) is 21.0. The van der Waals surface area contributed by atoms with Gasteiger partial charge in [-0.15, -0.1) is 0 Å². The van der Waals surface area contributed by atoms with Crippen molar-refractivity contribution in [3.63, 3.8) is 0 Å². The Hall–Kier alpha value is -4.82. The lowest BCUT2D eigenvalue weighted by atomic mass is 9.84. The zero-order valence-corrected chi connectivity index (χ0v) is 21.0. The van der Waals surface area contributed by atoms with E-state index in [9.17, 15) is 0 Å². The third kappa shape index (κ3) is 3.91. The van der Waals surface area contributed by atoms with Crippen molar-refractivity contribution in [2.45, 2.75) is 12.8 Å². The van der Waals surface area contributed by atoms with Crippen LogP contribution in [0.25, 0.3) is 49.5 Å². The van der Waals surface area contributed by atoms with E-state index in [0.29, 0.717) is 0 Å². The summed E-state index contributed by atoms with van der Waals surface area (Å²) in [4.78, 5) is 9.79. The fourth-order valence-electron chi connectivity index (χ4n) is 5.68. The number of nitrogens with zero attached hydrogens (tertiary/aromatic N) is 2. The van der Waals surface area contributed by atoms with Crippen LogP contribution in [0.4, 0.5) is 0 Å². The van der Waals surface area contributed by atoms with Crippen LogP contribution in [0, 0.1) is 0 Å². The van der Waals surface area contributed by atoms with Crippen molar-refractivity contribution in [3.05, 3.63) is 145 Å². The van der Waals surface area contributed by atoms with Gasteiger partial charge in [-0.25, -0.2) is 0 Å². The Morgan fingerprint density at radius 2 is 1.00 bits per heavy atom. The molecule has 0 aliphatic carbocycles. The molecule has 1 aliphatic heterocycles. The van der Waals surface area contributed by atoms with Gasteiger partial charge in [-0.2, -0.15) is 0 Å². The van der Waals surface area contributed by atoms with Gasteiger partial charge >= 0.3 is 0 Å². The van der Waals surface area contributed by atoms with Crippen LogP contribution in [0.3, 0.4) is 0 Å². The van der Waals surface area contributed by atoms with Gasteiger partial charge in [0.15, 0.2) is 0 Å². The third-order valence-corrected chi connectivity index (χ3v) is 7.49. The maximum Gasteiger partial charge on any atom is 0.0702 e. The van der Waals surface area contributed by atoms with Gasteiger partial charge in [-0.3, -0.25) is 9.98 Å². The molecule has 2 heteroatoms. The highest BCUT2D eigenvalue weighted by atomic mass is 14.7. The fraction of sp³-hybridized carbons (Fsp3) is 0.0556. The average Bonchev–Trinajstić information content (AvgIpc) is 3.01. The molecule has 0 unspecified atom stereocenters. The largest absolute Gasteiger partial charge is 0.260 e. The number of hydrogen-bond acceptors (Lipinski definition) is 2. The van der Waals surface area contributed by atoms with E-state index in [1.54, 1.807) is 0 Å². The van der Waals surface area contributed by atoms with E-state index in [4.69, 9.17) is 9.98 Å². The molecule has 1 aliphatic rings. The predicted octanol–water partition coefficient (Wildman–Crippen LogP) is 9.35. The number of hydrogen-bond donors (Lipinski definition) is 0. The van der Waals surface area contributed by atoms with Crippen LogP contribution < -0.4 is 0 Å². The molecule has 180 valence electrons. The van der Waals surface area contributed by atoms with Gasteiger partial charge in [0.05, 0.1) is 5.69 Å². The molecule has 2 heterocycles. The van der Waals surface area contributed by atoms with Crippen molar-refractivity contribution in [2.24, 2.45) is 4.99 Å². The standard InChI is InChI=1S/C36H26N2/c1-3-11-25(12-4-1)33-21-19-27(23-37-33)35-29-15-7-9-17-31(29)36(32-18-10-8-16-30(32)35)28-20-22-34(38-24-28)26-13-5-2-6-14-26/h1-19,21,23-24H,20,22H2. The molecule has 0 bridgehead atoms. The van der Waals surface area contributed by atoms with Crippen molar-refractivity contribution in [1.82, 2.24) is 4.98 Å². The molecule has 38 heavy (non-hydrogen) atoms. The minimum atomic E-state index is 0.936. The van der Waals surface area contributed by atoms with E-state index < -0.39 is 0 Å². The summed E-state index contributed by atoms with van der Waals surface area (Å²) in [6.07, 6.45) is 6.02. The van der Waals surface area contributed by atoms with Crippen molar-refractivity contribution in [1.29, 1.82) is 0 Å². The first-order chi connectivity index (χ1) is 18.9. The minimum Gasteiger partial charge on any atom is -0.260 e. The van der Waals surface area contributed by atoms with Crippen molar-refractivity contribution >= 4 is 32.8 Å². The normalized spacial score (nSPS) is 13.4. The quantitative estimate of drug-likeness (QED) is 0.228. The molecule has 0 fully saturated rings. The topological polar surface area (TPSA) is 25.2 Å². The van der Waals surface area contributed by atoms with Crippen LogP contribution in [0.5, 0.6) is 0 Å². The number of aliphatic imine (C=N–C) groups is 1. The Balaban J connectivity index is 1.41. The van der Waals surface area contributed by atoms with E-state index in [1.165, 1.54) is 43.8 Å². The highest BCUT2D eigenvalue weighted by molar-refractivity contribution is 6.19. The van der Waals surface area contributed by atoms with Crippen LogP contribution in [0.2, 0.25) is 0 Å². The van der Waals surface area contributed by atoms with E-state index in [2.05, 4.69) is 121 Å². The second-order valence-corrected chi connectivity index (χ2v) is 9.74. The van der Waals surface area contributed by atoms with Crippen molar-refractivity contribution in [2.75, 3.05) is 0 Å². The average molecular weight is 487 g/mol. The summed E-state index contributed by atoms with van der Waals surface area (Å²) in [5.41, 5.74) is 9.43. The number of fused-ring (bicyclic) bond motifs is 2. The Labute approximate surface area is 222 Å². The lowest BCUT2D eigenvalue weighted by molar-refractivity contribution is 1.08. The Morgan fingerprint density at radius 3 is 1.53 bits per heavy atom. The molecular formula is C36H26N2. The first-order valence-corrected chi connectivity index (χ1v) is 13.1. The van der Waals surface area contributed by atoms with Gasteiger partial charge in [0.2, 0.25) is 0 Å². The highest BCUT2D eigenvalue weighted by Gasteiger charge is 2.20. The molecule has 0 saturated heterocycles. The van der Waals surface area contributed by atoms with Gasteiger partial charge in [0.25, 0.3) is 0 Å². The number of rotatable bonds is 4. The van der Waals surface area contributed by atoms with Gasteiger partial charge in [-0.1, -0.05) is 115 Å². The number of allylic oxidation sites excluding steroid dienone is 1. The summed E-state index contributed by atoms with van der Waals surface area (Å²) in [5, 5.41) is 5.01. The number of pyridine rings is 1. The van der Waals surface area contributed by atoms with E-state index >= 15 is 0 Å². The summed E-state index contributed by atoms with van der Waals surface area (Å²) in [6, 6.07) is 42.7. The van der Waals surface area contributed by atoms with Crippen LogP contribution in [-0.2, 0) is 0 Å². The molecule has 0 spiro atoms. The third-order valence-electron chi connectivity index (χ3n) is 7.49.